The normalized spacial score (nSPS) is 19.1. The number of nitrogens with zero attached hydrogens (tertiary/aromatic N) is 2. The molecule has 1 aliphatic rings. The average molecular weight is 284 g/mol. The van der Waals surface area contributed by atoms with Crippen molar-refractivity contribution in [3.05, 3.63) is 29.0 Å². The molecule has 1 saturated heterocycles. The smallest absolute Gasteiger partial charge is 0.257 e. The molecule has 1 N–H and O–H groups in total. The summed E-state index contributed by atoms with van der Waals surface area (Å²) in [5.41, 5.74) is 0.292. The van der Waals surface area contributed by atoms with Crippen molar-refractivity contribution in [2.45, 2.75) is 6.04 Å². The van der Waals surface area contributed by atoms with Gasteiger partial charge in [0, 0.05) is 26.0 Å². The summed E-state index contributed by atoms with van der Waals surface area (Å²) in [6.45, 7) is 0.933. The summed E-state index contributed by atoms with van der Waals surface area (Å²) in [6, 6.07) is 0.909. The van der Waals surface area contributed by atoms with E-state index in [9.17, 15) is 9.59 Å². The quantitative estimate of drug-likeness (QED) is 0.849. The van der Waals surface area contributed by atoms with E-state index in [4.69, 9.17) is 16.3 Å². The first-order valence-corrected chi connectivity index (χ1v) is 6.22. The molecule has 1 aromatic rings. The number of amides is 2. The third-order valence-corrected chi connectivity index (χ3v) is 3.27. The molecule has 0 saturated carbocycles. The summed E-state index contributed by atoms with van der Waals surface area (Å²) in [5.74, 6) is -0.567. The van der Waals surface area contributed by atoms with Crippen LogP contribution < -0.4 is 5.32 Å². The lowest BCUT2D eigenvalue weighted by molar-refractivity contribution is -0.130. The summed E-state index contributed by atoms with van der Waals surface area (Å²) in [7, 11) is 1.52. The Bertz CT molecular complexity index is 495. The van der Waals surface area contributed by atoms with Crippen LogP contribution >= 0.6 is 11.6 Å². The highest BCUT2D eigenvalue weighted by Crippen LogP contribution is 2.18. The van der Waals surface area contributed by atoms with Crippen molar-refractivity contribution < 1.29 is 14.3 Å². The molecule has 0 radical (unpaired) electrons. The van der Waals surface area contributed by atoms with Crippen LogP contribution in [0.5, 0.6) is 0 Å². The lowest BCUT2D eigenvalue weighted by Gasteiger charge is -2.34. The minimum Gasteiger partial charge on any atom is -0.377 e. The summed E-state index contributed by atoms with van der Waals surface area (Å²) in [4.78, 5) is 29.5. The van der Waals surface area contributed by atoms with Crippen molar-refractivity contribution in [3.63, 3.8) is 0 Å². The first kappa shape index (κ1) is 13.8. The number of aromatic nitrogens is 1. The topological polar surface area (TPSA) is 71.5 Å². The third kappa shape index (κ3) is 2.85. The van der Waals surface area contributed by atoms with Gasteiger partial charge in [0.05, 0.1) is 23.8 Å². The number of nitrogens with one attached hydrogen (secondary N) is 1. The molecule has 2 rings (SSSR count). The van der Waals surface area contributed by atoms with Gasteiger partial charge in [0.15, 0.2) is 0 Å². The van der Waals surface area contributed by atoms with Crippen molar-refractivity contribution in [2.24, 2.45) is 0 Å². The number of hydrogen-bond donors (Lipinski definition) is 1. The van der Waals surface area contributed by atoms with E-state index in [1.54, 1.807) is 6.07 Å². The van der Waals surface area contributed by atoms with Crippen LogP contribution in [0.3, 0.4) is 0 Å². The molecule has 1 aliphatic heterocycles. The zero-order chi connectivity index (χ0) is 13.8. The zero-order valence-corrected chi connectivity index (χ0v) is 11.2. The van der Waals surface area contributed by atoms with Crippen LogP contribution in [-0.2, 0) is 9.53 Å². The number of carbonyl (C=O) groups excluding carboxylic acids is 2. The molecule has 6 nitrogen and oxygen atoms in total. The largest absolute Gasteiger partial charge is 0.377 e. The predicted molar refractivity (Wildman–Crippen MR) is 69.0 cm³/mol. The molecule has 2 heterocycles. The second kappa shape index (κ2) is 5.99. The number of likely N-dealkylation sites (N-methyl/N-ethyl adjacent to an activating group) is 1. The number of carbonyl (C=O) groups is 2. The fourth-order valence-corrected chi connectivity index (χ4v) is 2.11. The summed E-state index contributed by atoms with van der Waals surface area (Å²) < 4.78 is 5.25. The van der Waals surface area contributed by atoms with E-state index >= 15 is 0 Å². The van der Waals surface area contributed by atoms with Crippen molar-refractivity contribution in [1.82, 2.24) is 15.2 Å². The maximum atomic E-state index is 12.4. The molecular weight excluding hydrogens is 270 g/mol. The molecule has 0 bridgehead atoms. The van der Waals surface area contributed by atoms with Crippen LogP contribution in [0.2, 0.25) is 5.02 Å². The summed E-state index contributed by atoms with van der Waals surface area (Å²) >= 11 is 5.98. The molecule has 1 aromatic heterocycles. The molecular formula is C12H14ClN3O3. The van der Waals surface area contributed by atoms with Crippen LogP contribution in [0.4, 0.5) is 0 Å². The van der Waals surface area contributed by atoms with Gasteiger partial charge in [0.25, 0.3) is 5.91 Å². The number of pyridine rings is 1. The van der Waals surface area contributed by atoms with Gasteiger partial charge in [-0.3, -0.25) is 14.6 Å². The lowest BCUT2D eigenvalue weighted by Crippen LogP contribution is -2.55. The zero-order valence-electron chi connectivity index (χ0n) is 10.4. The van der Waals surface area contributed by atoms with Gasteiger partial charge in [-0.15, -0.1) is 0 Å². The van der Waals surface area contributed by atoms with Crippen molar-refractivity contribution in [1.29, 1.82) is 0 Å². The van der Waals surface area contributed by atoms with Gasteiger partial charge < -0.3 is 15.0 Å². The van der Waals surface area contributed by atoms with Crippen LogP contribution in [0.1, 0.15) is 10.4 Å². The van der Waals surface area contributed by atoms with E-state index in [0.29, 0.717) is 23.7 Å². The number of hydrogen-bond acceptors (Lipinski definition) is 4. The Balaban J connectivity index is 2.25. The molecule has 0 aromatic carbocycles. The Morgan fingerprint density at radius 3 is 3.05 bits per heavy atom. The Hall–Kier alpha value is -1.66. The Morgan fingerprint density at radius 2 is 2.37 bits per heavy atom. The van der Waals surface area contributed by atoms with Gasteiger partial charge in [-0.1, -0.05) is 11.6 Å². The van der Waals surface area contributed by atoms with E-state index in [-0.39, 0.29) is 18.4 Å². The van der Waals surface area contributed by atoms with E-state index in [1.807, 2.05) is 0 Å². The fourth-order valence-electron chi connectivity index (χ4n) is 1.92. The van der Waals surface area contributed by atoms with E-state index < -0.39 is 6.04 Å². The Kier molecular flexibility index (Phi) is 4.34. The van der Waals surface area contributed by atoms with Gasteiger partial charge in [-0.2, -0.15) is 0 Å². The monoisotopic (exact) mass is 283 g/mol. The van der Waals surface area contributed by atoms with E-state index in [0.717, 1.165) is 0 Å². The number of ether oxygens (including phenoxy) is 1. The van der Waals surface area contributed by atoms with Gasteiger partial charge in [-0.25, -0.2) is 0 Å². The second-order valence-corrected chi connectivity index (χ2v) is 4.47. The summed E-state index contributed by atoms with van der Waals surface area (Å²) in [6.07, 6.45) is 2.91. The Morgan fingerprint density at radius 1 is 1.58 bits per heavy atom. The summed E-state index contributed by atoms with van der Waals surface area (Å²) in [5, 5.41) is 2.85. The highest BCUT2D eigenvalue weighted by molar-refractivity contribution is 6.33. The number of rotatable bonds is 2. The van der Waals surface area contributed by atoms with Crippen molar-refractivity contribution >= 4 is 23.4 Å². The minimum absolute atomic E-state index is 0.184. The van der Waals surface area contributed by atoms with Gasteiger partial charge >= 0.3 is 0 Å². The van der Waals surface area contributed by atoms with Gasteiger partial charge in [-0.05, 0) is 6.07 Å². The lowest BCUT2D eigenvalue weighted by atomic mass is 10.1. The molecule has 102 valence electrons. The predicted octanol–water partition coefficient (Wildman–Crippen LogP) is 0.322. The van der Waals surface area contributed by atoms with Gasteiger partial charge in [0.1, 0.15) is 6.04 Å². The van der Waals surface area contributed by atoms with Crippen LogP contribution in [-0.4, -0.2) is 54.5 Å². The molecule has 2 amide bonds. The highest BCUT2D eigenvalue weighted by atomic mass is 35.5. The Labute approximate surface area is 115 Å². The number of morpholine rings is 1. The third-order valence-electron chi connectivity index (χ3n) is 2.94. The van der Waals surface area contributed by atoms with Gasteiger partial charge in [0.2, 0.25) is 5.91 Å². The molecule has 7 heteroatoms. The molecule has 0 aliphatic carbocycles. The molecule has 19 heavy (non-hydrogen) atoms. The molecule has 1 fully saturated rings. The first-order valence-electron chi connectivity index (χ1n) is 5.85. The second-order valence-electron chi connectivity index (χ2n) is 4.06. The SMILES string of the molecule is CNC(=O)C1COCCN1C(=O)c1cnccc1Cl. The standard InChI is InChI=1S/C12H14ClN3O3/c1-14-11(17)10-7-19-5-4-16(10)12(18)8-6-15-3-2-9(8)13/h2-3,6,10H,4-5,7H2,1H3,(H,14,17). The van der Waals surface area contributed by atoms with Crippen LogP contribution in [0, 0.1) is 0 Å². The van der Waals surface area contributed by atoms with Crippen LogP contribution in [0.25, 0.3) is 0 Å². The van der Waals surface area contributed by atoms with E-state index in [2.05, 4.69) is 10.3 Å². The highest BCUT2D eigenvalue weighted by Gasteiger charge is 2.33. The maximum Gasteiger partial charge on any atom is 0.257 e. The van der Waals surface area contributed by atoms with Crippen molar-refractivity contribution in [3.8, 4) is 0 Å². The molecule has 1 unspecified atom stereocenters. The first-order chi connectivity index (χ1) is 9.15. The maximum absolute atomic E-state index is 12.4. The van der Waals surface area contributed by atoms with E-state index in [1.165, 1.54) is 24.3 Å². The van der Waals surface area contributed by atoms with Crippen LogP contribution in [0.15, 0.2) is 18.5 Å². The molecule has 0 spiro atoms. The number of halogens is 1. The minimum atomic E-state index is -0.637. The fraction of sp³-hybridized carbons (Fsp3) is 0.417. The molecule has 1 atom stereocenters. The van der Waals surface area contributed by atoms with Crippen molar-refractivity contribution in [2.75, 3.05) is 26.8 Å². The average Bonchev–Trinajstić information content (AvgIpc) is 2.46.